The van der Waals surface area contributed by atoms with Crippen molar-refractivity contribution in [2.75, 3.05) is 7.05 Å². The molecule has 2 heterocycles. The number of fused-ring (bicyclic) bond motifs is 1. The van der Waals surface area contributed by atoms with E-state index in [0.29, 0.717) is 16.6 Å². The number of hydrogen-bond acceptors (Lipinski definition) is 4. The highest BCUT2D eigenvalue weighted by Crippen LogP contribution is 2.20. The quantitative estimate of drug-likeness (QED) is 0.755. The molecule has 0 fully saturated rings. The molecule has 8 heteroatoms. The maximum absolute atomic E-state index is 11.8. The normalized spacial score (nSPS) is 12.2. The summed E-state index contributed by atoms with van der Waals surface area (Å²) in [6, 6.07) is 1.34. The number of nitrogens with one attached hydrogen (secondary N) is 2. The van der Waals surface area contributed by atoms with Crippen molar-refractivity contribution in [3.63, 3.8) is 0 Å². The van der Waals surface area contributed by atoms with Gasteiger partial charge < -0.3 is 4.98 Å². The monoisotopic (exact) mass is 256 g/mol. The van der Waals surface area contributed by atoms with E-state index in [4.69, 9.17) is 0 Å². The van der Waals surface area contributed by atoms with Crippen LogP contribution in [0.25, 0.3) is 10.9 Å². The van der Waals surface area contributed by atoms with Gasteiger partial charge in [-0.1, -0.05) is 0 Å². The summed E-state index contributed by atoms with van der Waals surface area (Å²) in [5, 5.41) is 4.48. The summed E-state index contributed by atoms with van der Waals surface area (Å²) in [4.78, 5) is 13.8. The van der Waals surface area contributed by atoms with Crippen molar-refractivity contribution < 1.29 is 8.42 Å². The molecule has 0 aliphatic heterocycles. The van der Waals surface area contributed by atoms with Gasteiger partial charge in [-0.2, -0.15) is 5.10 Å². The third-order valence-corrected chi connectivity index (χ3v) is 3.90. The predicted octanol–water partition coefficient (Wildman–Crippen LogP) is -0.522. The molecule has 0 unspecified atom stereocenters. The fourth-order valence-electron chi connectivity index (χ4n) is 1.75. The molecule has 0 atom stereocenters. The van der Waals surface area contributed by atoms with Gasteiger partial charge >= 0.3 is 0 Å². The summed E-state index contributed by atoms with van der Waals surface area (Å²) in [5.41, 5.74) is 0.528. The van der Waals surface area contributed by atoms with Gasteiger partial charge in [-0.15, -0.1) is 0 Å². The molecule has 2 aromatic heterocycles. The Hall–Kier alpha value is -1.67. The van der Waals surface area contributed by atoms with Gasteiger partial charge in [-0.25, -0.2) is 13.1 Å². The average molecular weight is 256 g/mol. The number of H-pyrrole nitrogens is 1. The van der Waals surface area contributed by atoms with Crippen LogP contribution in [0.2, 0.25) is 0 Å². The molecule has 0 aliphatic rings. The van der Waals surface area contributed by atoms with Gasteiger partial charge in [0.2, 0.25) is 5.56 Å². The molecule has 0 radical (unpaired) electrons. The van der Waals surface area contributed by atoms with Gasteiger partial charge in [0.15, 0.2) is 5.03 Å². The number of pyridine rings is 1. The second kappa shape index (κ2) is 3.67. The van der Waals surface area contributed by atoms with Crippen molar-refractivity contribution in [3.05, 3.63) is 22.1 Å². The Kier molecular flexibility index (Phi) is 2.55. The number of nitrogens with zero attached hydrogens (tertiary/aromatic N) is 2. The minimum Gasteiger partial charge on any atom is -0.310 e. The van der Waals surface area contributed by atoms with Gasteiger partial charge in [0, 0.05) is 18.5 Å². The maximum atomic E-state index is 11.8. The Morgan fingerprint density at radius 1 is 1.47 bits per heavy atom. The van der Waals surface area contributed by atoms with Crippen LogP contribution in [0.3, 0.4) is 0 Å². The van der Waals surface area contributed by atoms with E-state index in [-0.39, 0.29) is 5.03 Å². The van der Waals surface area contributed by atoms with E-state index >= 15 is 0 Å². The number of hydrogen-bond donors (Lipinski definition) is 2. The fourth-order valence-corrected chi connectivity index (χ4v) is 2.69. The van der Waals surface area contributed by atoms with Crippen LogP contribution in [0.15, 0.2) is 15.9 Å². The fraction of sp³-hybridized carbons (Fsp3) is 0.333. The van der Waals surface area contributed by atoms with Crippen molar-refractivity contribution >= 4 is 20.9 Å². The largest absolute Gasteiger partial charge is 0.310 e. The summed E-state index contributed by atoms with van der Waals surface area (Å²) < 4.78 is 27.2. The molecule has 2 N–H and O–H groups in total. The van der Waals surface area contributed by atoms with Gasteiger partial charge in [-0.05, 0) is 14.0 Å². The number of sulfonamides is 1. The summed E-state index contributed by atoms with van der Waals surface area (Å²) in [7, 11) is -0.808. The standard InChI is InChI=1S/C9H12N4O3S/c1-5-6-4-7(14)11-9(17(15,16)10-2)8(6)13(3)12-5/h4,10H,1-3H3,(H,11,14). The third-order valence-electron chi connectivity index (χ3n) is 2.53. The van der Waals surface area contributed by atoms with Crippen LogP contribution in [-0.4, -0.2) is 30.2 Å². The highest BCUT2D eigenvalue weighted by molar-refractivity contribution is 7.89. The van der Waals surface area contributed by atoms with E-state index in [1.54, 1.807) is 14.0 Å². The molecule has 2 aromatic rings. The van der Waals surface area contributed by atoms with Crippen molar-refractivity contribution in [2.24, 2.45) is 7.05 Å². The lowest BCUT2D eigenvalue weighted by Gasteiger charge is -2.04. The SMILES string of the molecule is CNS(=O)(=O)c1[nH]c(=O)cc2c(C)nn(C)c12. The van der Waals surface area contributed by atoms with Crippen LogP contribution in [0, 0.1) is 6.92 Å². The smallest absolute Gasteiger partial charge is 0.258 e. The Labute approximate surface area is 97.5 Å². The first-order valence-electron chi connectivity index (χ1n) is 4.87. The van der Waals surface area contributed by atoms with Crippen LogP contribution in [0.4, 0.5) is 0 Å². The van der Waals surface area contributed by atoms with E-state index in [9.17, 15) is 13.2 Å². The molecule has 2 rings (SSSR count). The molecule has 0 bridgehead atoms. The molecule has 17 heavy (non-hydrogen) atoms. The van der Waals surface area contributed by atoms with Crippen LogP contribution in [0.5, 0.6) is 0 Å². The van der Waals surface area contributed by atoms with Crippen molar-refractivity contribution in [2.45, 2.75) is 11.9 Å². The van der Waals surface area contributed by atoms with E-state index in [1.807, 2.05) is 0 Å². The first-order chi connectivity index (χ1) is 7.86. The molecule has 0 amide bonds. The molecule has 92 valence electrons. The van der Waals surface area contributed by atoms with Crippen LogP contribution in [-0.2, 0) is 17.1 Å². The van der Waals surface area contributed by atoms with Gasteiger partial charge in [0.05, 0.1) is 5.69 Å². The second-order valence-corrected chi connectivity index (χ2v) is 5.46. The Morgan fingerprint density at radius 3 is 2.71 bits per heavy atom. The summed E-state index contributed by atoms with van der Waals surface area (Å²) in [6.45, 7) is 1.72. The molecular formula is C9H12N4O3S. The lowest BCUT2D eigenvalue weighted by Crippen LogP contribution is -2.23. The van der Waals surface area contributed by atoms with Crippen molar-refractivity contribution in [1.29, 1.82) is 0 Å². The van der Waals surface area contributed by atoms with Gasteiger partial charge in [-0.3, -0.25) is 9.48 Å². The highest BCUT2D eigenvalue weighted by Gasteiger charge is 2.21. The minimum absolute atomic E-state index is 0.161. The molecule has 0 saturated heterocycles. The summed E-state index contributed by atoms with van der Waals surface area (Å²) >= 11 is 0. The number of rotatable bonds is 2. The van der Waals surface area contributed by atoms with Crippen molar-refractivity contribution in [1.82, 2.24) is 19.5 Å². The zero-order chi connectivity index (χ0) is 12.8. The maximum Gasteiger partial charge on any atom is 0.258 e. The van der Waals surface area contributed by atoms with E-state index in [0.717, 1.165) is 0 Å². The lowest BCUT2D eigenvalue weighted by atomic mass is 10.2. The molecule has 0 aliphatic carbocycles. The molecule has 0 saturated carbocycles. The van der Waals surface area contributed by atoms with Crippen LogP contribution in [0.1, 0.15) is 5.69 Å². The highest BCUT2D eigenvalue weighted by atomic mass is 32.2. The summed E-state index contributed by atoms with van der Waals surface area (Å²) in [6.07, 6.45) is 0. The van der Waals surface area contributed by atoms with Gasteiger partial charge in [0.1, 0.15) is 5.52 Å². The Morgan fingerprint density at radius 2 is 2.12 bits per heavy atom. The zero-order valence-electron chi connectivity index (χ0n) is 9.60. The van der Waals surface area contributed by atoms with Gasteiger partial charge in [0.25, 0.3) is 10.0 Å². The topological polar surface area (TPSA) is 96.8 Å². The Bertz CT molecular complexity index is 741. The predicted molar refractivity (Wildman–Crippen MR) is 62.3 cm³/mol. The third kappa shape index (κ3) is 1.75. The number of aromatic amines is 1. The average Bonchev–Trinajstić information content (AvgIpc) is 2.53. The number of aryl methyl sites for hydroxylation is 2. The Balaban J connectivity index is 3.03. The second-order valence-electron chi connectivity index (χ2n) is 3.64. The number of aromatic nitrogens is 3. The summed E-state index contributed by atoms with van der Waals surface area (Å²) in [5.74, 6) is 0. The van der Waals surface area contributed by atoms with E-state index in [1.165, 1.54) is 17.8 Å². The lowest BCUT2D eigenvalue weighted by molar-refractivity contribution is 0.584. The first kappa shape index (κ1) is 11.8. The van der Waals surface area contributed by atoms with E-state index in [2.05, 4.69) is 14.8 Å². The molecule has 7 nitrogen and oxygen atoms in total. The molecular weight excluding hydrogens is 244 g/mol. The molecule has 0 aromatic carbocycles. The van der Waals surface area contributed by atoms with Crippen molar-refractivity contribution in [3.8, 4) is 0 Å². The zero-order valence-corrected chi connectivity index (χ0v) is 10.4. The minimum atomic E-state index is -3.72. The van der Waals surface area contributed by atoms with Crippen LogP contribution >= 0.6 is 0 Å². The van der Waals surface area contributed by atoms with E-state index < -0.39 is 15.6 Å². The van der Waals surface area contributed by atoms with Crippen LogP contribution < -0.4 is 10.3 Å². The first-order valence-corrected chi connectivity index (χ1v) is 6.35. The molecule has 0 spiro atoms.